The summed E-state index contributed by atoms with van der Waals surface area (Å²) in [5.74, 6) is 0. The van der Waals surface area contributed by atoms with Crippen LogP contribution < -0.4 is 16.4 Å². The second kappa shape index (κ2) is 3.78. The number of anilines is 1. The Hall–Kier alpha value is -2.04. The zero-order chi connectivity index (χ0) is 10.7. The van der Waals surface area contributed by atoms with E-state index >= 15 is 0 Å². The van der Waals surface area contributed by atoms with Crippen LogP contribution in [0.1, 0.15) is 5.56 Å². The molecule has 0 radical (unpaired) electrons. The number of carbonyl (C=O) groups excluding carboxylic acids is 2. The molecule has 0 unspecified atom stereocenters. The first-order valence-corrected chi connectivity index (χ1v) is 3.98. The smallest absolute Gasteiger partial charge is 0.327 e. The molecule has 74 valence electrons. The van der Waals surface area contributed by atoms with Gasteiger partial charge < -0.3 is 11.5 Å². The maximum absolute atomic E-state index is 10.9. The van der Waals surface area contributed by atoms with Gasteiger partial charge in [-0.1, -0.05) is 17.7 Å². The van der Waals surface area contributed by atoms with E-state index in [1.807, 2.05) is 6.92 Å². The summed E-state index contributed by atoms with van der Waals surface area (Å²) in [4.78, 5) is 22.5. The molecule has 5 nitrogen and oxygen atoms in total. The highest BCUT2D eigenvalue weighted by atomic mass is 16.2. The molecular formula is C9H11N3O2. The largest absolute Gasteiger partial charge is 0.351 e. The van der Waals surface area contributed by atoms with Crippen LogP contribution in [0.25, 0.3) is 0 Å². The Kier molecular flexibility index (Phi) is 2.71. The second-order valence-electron chi connectivity index (χ2n) is 2.85. The van der Waals surface area contributed by atoms with Gasteiger partial charge in [-0.15, -0.1) is 0 Å². The van der Waals surface area contributed by atoms with Gasteiger partial charge in [0, 0.05) is 0 Å². The number of urea groups is 2. The Balaban J connectivity index is 3.06. The number of nitrogens with zero attached hydrogens (tertiary/aromatic N) is 1. The molecule has 0 fully saturated rings. The number of hydrogen-bond acceptors (Lipinski definition) is 2. The Morgan fingerprint density at radius 2 is 1.50 bits per heavy atom. The van der Waals surface area contributed by atoms with Crippen molar-refractivity contribution >= 4 is 17.7 Å². The third kappa shape index (κ3) is 2.01. The number of imide groups is 1. The van der Waals surface area contributed by atoms with Crippen LogP contribution >= 0.6 is 0 Å². The minimum Gasteiger partial charge on any atom is -0.351 e. The monoisotopic (exact) mass is 193 g/mol. The molecule has 5 heteroatoms. The van der Waals surface area contributed by atoms with E-state index in [1.54, 1.807) is 24.3 Å². The molecule has 0 saturated heterocycles. The molecule has 4 amide bonds. The molecule has 0 spiro atoms. The highest BCUT2D eigenvalue weighted by molar-refractivity contribution is 6.12. The standard InChI is InChI=1S/C9H11N3O2/c1-6-2-4-7(5-3-6)12(8(10)13)9(11)14/h2-5H,1H3,(H2,10,13)(H2,11,14). The Morgan fingerprint density at radius 3 is 1.86 bits per heavy atom. The van der Waals surface area contributed by atoms with Gasteiger partial charge in [0.1, 0.15) is 0 Å². The van der Waals surface area contributed by atoms with Crippen molar-refractivity contribution in [3.05, 3.63) is 29.8 Å². The number of benzene rings is 1. The molecule has 0 aromatic heterocycles. The molecule has 0 atom stereocenters. The van der Waals surface area contributed by atoms with Gasteiger partial charge >= 0.3 is 12.1 Å². The van der Waals surface area contributed by atoms with Crippen molar-refractivity contribution in [2.45, 2.75) is 6.92 Å². The van der Waals surface area contributed by atoms with Gasteiger partial charge in [-0.3, -0.25) is 0 Å². The highest BCUT2D eigenvalue weighted by Crippen LogP contribution is 2.14. The van der Waals surface area contributed by atoms with E-state index in [1.165, 1.54) is 0 Å². The lowest BCUT2D eigenvalue weighted by molar-refractivity contribution is 0.243. The van der Waals surface area contributed by atoms with Crippen LogP contribution in [0.5, 0.6) is 0 Å². The molecular weight excluding hydrogens is 182 g/mol. The fourth-order valence-corrected chi connectivity index (χ4v) is 1.06. The number of primary amides is 2. The van der Waals surface area contributed by atoms with E-state index in [9.17, 15) is 9.59 Å². The second-order valence-corrected chi connectivity index (χ2v) is 2.85. The quantitative estimate of drug-likeness (QED) is 0.695. The lowest BCUT2D eigenvalue weighted by Gasteiger charge is -2.15. The summed E-state index contributed by atoms with van der Waals surface area (Å²) in [6.07, 6.45) is 0. The third-order valence-corrected chi connectivity index (χ3v) is 1.73. The number of hydrogen-bond donors (Lipinski definition) is 2. The molecule has 0 aliphatic heterocycles. The number of aryl methyl sites for hydroxylation is 1. The molecule has 1 rings (SSSR count). The van der Waals surface area contributed by atoms with Crippen molar-refractivity contribution in [2.24, 2.45) is 11.5 Å². The minimum absolute atomic E-state index is 0.371. The Bertz CT molecular complexity index is 345. The molecule has 0 saturated carbocycles. The first-order chi connectivity index (χ1) is 6.52. The van der Waals surface area contributed by atoms with Crippen molar-refractivity contribution in [1.82, 2.24) is 0 Å². The van der Waals surface area contributed by atoms with Crippen LogP contribution in [-0.4, -0.2) is 12.1 Å². The van der Waals surface area contributed by atoms with Gasteiger partial charge in [-0.05, 0) is 19.1 Å². The lowest BCUT2D eigenvalue weighted by Crippen LogP contribution is -2.44. The van der Waals surface area contributed by atoms with Crippen LogP contribution in [0, 0.1) is 6.92 Å². The van der Waals surface area contributed by atoms with Gasteiger partial charge in [-0.2, -0.15) is 0 Å². The van der Waals surface area contributed by atoms with Crippen LogP contribution in [-0.2, 0) is 0 Å². The summed E-state index contributed by atoms with van der Waals surface area (Å²) in [5.41, 5.74) is 11.4. The maximum atomic E-state index is 10.9. The minimum atomic E-state index is -0.888. The van der Waals surface area contributed by atoms with Crippen LogP contribution in [0.4, 0.5) is 15.3 Å². The van der Waals surface area contributed by atoms with E-state index in [-0.39, 0.29) is 0 Å². The van der Waals surface area contributed by atoms with Gasteiger partial charge in [0.25, 0.3) is 0 Å². The number of carbonyl (C=O) groups is 2. The summed E-state index contributed by atoms with van der Waals surface area (Å²) in [6.45, 7) is 1.89. The average molecular weight is 193 g/mol. The molecule has 1 aromatic rings. The van der Waals surface area contributed by atoms with Crippen LogP contribution in [0.15, 0.2) is 24.3 Å². The highest BCUT2D eigenvalue weighted by Gasteiger charge is 2.17. The predicted molar refractivity (Wildman–Crippen MR) is 52.8 cm³/mol. The molecule has 0 heterocycles. The lowest BCUT2D eigenvalue weighted by atomic mass is 10.2. The molecule has 4 N–H and O–H groups in total. The normalized spacial score (nSPS) is 9.50. The van der Waals surface area contributed by atoms with E-state index in [0.29, 0.717) is 10.6 Å². The first-order valence-electron chi connectivity index (χ1n) is 3.98. The van der Waals surface area contributed by atoms with Gasteiger partial charge in [0.05, 0.1) is 5.69 Å². The van der Waals surface area contributed by atoms with Crippen LogP contribution in [0.2, 0.25) is 0 Å². The van der Waals surface area contributed by atoms with Crippen molar-refractivity contribution < 1.29 is 9.59 Å². The van der Waals surface area contributed by atoms with Gasteiger partial charge in [0.2, 0.25) is 0 Å². The summed E-state index contributed by atoms with van der Waals surface area (Å²) in [7, 11) is 0. The molecule has 1 aromatic carbocycles. The van der Waals surface area contributed by atoms with Gasteiger partial charge in [0.15, 0.2) is 0 Å². The third-order valence-electron chi connectivity index (χ3n) is 1.73. The molecule has 0 aliphatic rings. The average Bonchev–Trinajstić information content (AvgIpc) is 2.07. The topological polar surface area (TPSA) is 89.4 Å². The fourth-order valence-electron chi connectivity index (χ4n) is 1.06. The molecule has 0 bridgehead atoms. The van der Waals surface area contributed by atoms with E-state index < -0.39 is 12.1 Å². The Morgan fingerprint density at radius 1 is 1.07 bits per heavy atom. The summed E-state index contributed by atoms with van der Waals surface area (Å²) in [6, 6.07) is 4.95. The number of amides is 4. The summed E-state index contributed by atoms with van der Waals surface area (Å²) >= 11 is 0. The molecule has 14 heavy (non-hydrogen) atoms. The van der Waals surface area contributed by atoms with Crippen molar-refractivity contribution in [3.8, 4) is 0 Å². The van der Waals surface area contributed by atoms with E-state index in [2.05, 4.69) is 0 Å². The number of nitrogens with two attached hydrogens (primary N) is 2. The van der Waals surface area contributed by atoms with Crippen molar-refractivity contribution in [1.29, 1.82) is 0 Å². The zero-order valence-electron chi connectivity index (χ0n) is 7.73. The predicted octanol–water partition coefficient (Wildman–Crippen LogP) is 0.959. The van der Waals surface area contributed by atoms with Crippen LogP contribution in [0.3, 0.4) is 0 Å². The molecule has 0 aliphatic carbocycles. The zero-order valence-corrected chi connectivity index (χ0v) is 7.73. The fraction of sp³-hybridized carbons (Fsp3) is 0.111. The van der Waals surface area contributed by atoms with Gasteiger partial charge in [-0.25, -0.2) is 14.5 Å². The Labute approximate surface area is 81.3 Å². The van der Waals surface area contributed by atoms with E-state index in [0.717, 1.165) is 5.56 Å². The summed E-state index contributed by atoms with van der Waals surface area (Å²) in [5, 5.41) is 0. The number of rotatable bonds is 1. The SMILES string of the molecule is Cc1ccc(N(C(N)=O)C(N)=O)cc1. The summed E-state index contributed by atoms with van der Waals surface area (Å²) < 4.78 is 0. The van der Waals surface area contributed by atoms with E-state index in [4.69, 9.17) is 11.5 Å². The van der Waals surface area contributed by atoms with Crippen molar-refractivity contribution in [3.63, 3.8) is 0 Å². The van der Waals surface area contributed by atoms with Crippen molar-refractivity contribution in [2.75, 3.05) is 4.90 Å². The maximum Gasteiger partial charge on any atom is 0.327 e. The first kappa shape index (κ1) is 10.0.